The van der Waals surface area contributed by atoms with Gasteiger partial charge in [-0.1, -0.05) is 28.1 Å². The van der Waals surface area contributed by atoms with Crippen LogP contribution in [-0.2, 0) is 6.42 Å². The van der Waals surface area contributed by atoms with Crippen LogP contribution in [0.2, 0.25) is 0 Å². The first-order valence-corrected chi connectivity index (χ1v) is 7.03. The summed E-state index contributed by atoms with van der Waals surface area (Å²) >= 11 is 6.07. The molecule has 2 rings (SSSR count). The molecule has 0 amide bonds. The fourth-order valence-corrected chi connectivity index (χ4v) is 2.77. The quantitative estimate of drug-likeness (QED) is 0.563. The number of benzene rings is 1. The number of alkyl halides is 1. The number of rotatable bonds is 3. The molecule has 0 fully saturated rings. The van der Waals surface area contributed by atoms with Crippen LogP contribution in [0.25, 0.3) is 0 Å². The average molecular weight is 388 g/mol. The molecule has 82 valence electrons. The molecule has 0 aliphatic heterocycles. The van der Waals surface area contributed by atoms with Crippen molar-refractivity contribution < 1.29 is 0 Å². The van der Waals surface area contributed by atoms with Gasteiger partial charge in [-0.05, 0) is 64.4 Å². The molecule has 0 aliphatic carbocycles. The third kappa shape index (κ3) is 3.28. The maximum Gasteiger partial charge on any atom is 0.0436 e. The molecule has 1 nitrogen and oxygen atoms in total. The van der Waals surface area contributed by atoms with E-state index in [-0.39, 0.29) is 0 Å². The van der Waals surface area contributed by atoms with Gasteiger partial charge in [0.05, 0.1) is 0 Å². The number of aromatic nitrogens is 1. The van der Waals surface area contributed by atoms with Crippen LogP contribution in [0.5, 0.6) is 0 Å². The van der Waals surface area contributed by atoms with E-state index >= 15 is 0 Å². The minimum absolute atomic E-state index is 0.365. The highest BCUT2D eigenvalue weighted by molar-refractivity contribution is 14.1. The van der Waals surface area contributed by atoms with Crippen molar-refractivity contribution in [2.24, 2.45) is 0 Å². The van der Waals surface area contributed by atoms with Gasteiger partial charge in [0.1, 0.15) is 0 Å². The van der Waals surface area contributed by atoms with Gasteiger partial charge in [-0.25, -0.2) is 0 Å². The minimum Gasteiger partial charge on any atom is -0.265 e. The molecule has 2 aromatic rings. The van der Waals surface area contributed by atoms with Gasteiger partial charge in [0.2, 0.25) is 0 Å². The smallest absolute Gasteiger partial charge is 0.0436 e. The van der Waals surface area contributed by atoms with Crippen LogP contribution in [-0.4, -0.2) is 4.98 Å². The van der Waals surface area contributed by atoms with Crippen molar-refractivity contribution in [1.82, 2.24) is 4.98 Å². The molecule has 0 radical (unpaired) electrons. The molecule has 3 heteroatoms. The molecule has 0 bridgehead atoms. The molecule has 0 spiro atoms. The zero-order valence-corrected chi connectivity index (χ0v) is 12.3. The predicted molar refractivity (Wildman–Crippen MR) is 78.8 cm³/mol. The monoisotopic (exact) mass is 387 g/mol. The van der Waals surface area contributed by atoms with Gasteiger partial charge in [-0.2, -0.15) is 0 Å². The molecule has 1 atom stereocenters. The summed E-state index contributed by atoms with van der Waals surface area (Å²) < 4.78 is 1.27. The first kappa shape index (κ1) is 12.0. The van der Waals surface area contributed by atoms with Gasteiger partial charge in [0.25, 0.3) is 0 Å². The summed E-state index contributed by atoms with van der Waals surface area (Å²) in [6.45, 7) is 0. The van der Waals surface area contributed by atoms with Crippen LogP contribution in [0, 0.1) is 3.57 Å². The van der Waals surface area contributed by atoms with E-state index in [2.05, 4.69) is 79.9 Å². The SMILES string of the molecule is BrC(Cc1ccncc1)c1cccc(I)c1. The van der Waals surface area contributed by atoms with Crippen LogP contribution in [0.1, 0.15) is 16.0 Å². The Hall–Kier alpha value is -0.420. The van der Waals surface area contributed by atoms with E-state index in [9.17, 15) is 0 Å². The number of nitrogens with zero attached hydrogens (tertiary/aromatic N) is 1. The van der Waals surface area contributed by atoms with E-state index < -0.39 is 0 Å². The second-order valence-electron chi connectivity index (χ2n) is 3.58. The normalized spacial score (nSPS) is 12.4. The second kappa shape index (κ2) is 5.77. The van der Waals surface area contributed by atoms with Crippen molar-refractivity contribution >= 4 is 38.5 Å². The maximum absolute atomic E-state index is 4.02. The predicted octanol–water partition coefficient (Wildman–Crippen LogP) is 4.36. The Morgan fingerprint density at radius 3 is 2.62 bits per heavy atom. The summed E-state index contributed by atoms with van der Waals surface area (Å²) in [5, 5.41) is 0. The van der Waals surface area contributed by atoms with Crippen LogP contribution in [0.15, 0.2) is 48.8 Å². The minimum atomic E-state index is 0.365. The molecule has 1 aromatic carbocycles. The van der Waals surface area contributed by atoms with Crippen molar-refractivity contribution in [3.8, 4) is 0 Å². The Bertz CT molecular complexity index is 458. The Kier molecular flexibility index (Phi) is 4.35. The van der Waals surface area contributed by atoms with Crippen LogP contribution >= 0.6 is 38.5 Å². The van der Waals surface area contributed by atoms with Gasteiger partial charge >= 0.3 is 0 Å². The summed E-state index contributed by atoms with van der Waals surface area (Å²) in [6, 6.07) is 12.7. The van der Waals surface area contributed by atoms with Crippen molar-refractivity contribution in [2.45, 2.75) is 11.2 Å². The Morgan fingerprint density at radius 2 is 1.94 bits per heavy atom. The van der Waals surface area contributed by atoms with E-state index in [0.717, 1.165) is 6.42 Å². The lowest BCUT2D eigenvalue weighted by molar-refractivity contribution is 0.943. The maximum atomic E-state index is 4.02. The molecule has 16 heavy (non-hydrogen) atoms. The third-order valence-electron chi connectivity index (χ3n) is 2.37. The molecular weight excluding hydrogens is 377 g/mol. The van der Waals surface area contributed by atoms with Crippen LogP contribution in [0.3, 0.4) is 0 Å². The highest BCUT2D eigenvalue weighted by Crippen LogP contribution is 2.27. The van der Waals surface area contributed by atoms with Crippen molar-refractivity contribution in [3.05, 3.63) is 63.5 Å². The van der Waals surface area contributed by atoms with Gasteiger partial charge in [0, 0.05) is 20.8 Å². The van der Waals surface area contributed by atoms with Gasteiger partial charge in [-0.3, -0.25) is 4.98 Å². The summed E-state index contributed by atoms with van der Waals surface area (Å²) in [5.41, 5.74) is 2.62. The Balaban J connectivity index is 2.12. The average Bonchev–Trinajstić information content (AvgIpc) is 2.30. The first-order valence-electron chi connectivity index (χ1n) is 5.04. The van der Waals surface area contributed by atoms with E-state index in [4.69, 9.17) is 0 Å². The number of pyridine rings is 1. The highest BCUT2D eigenvalue weighted by atomic mass is 127. The summed E-state index contributed by atoms with van der Waals surface area (Å²) in [4.78, 5) is 4.39. The highest BCUT2D eigenvalue weighted by Gasteiger charge is 2.08. The van der Waals surface area contributed by atoms with Crippen LogP contribution < -0.4 is 0 Å². The summed E-state index contributed by atoms with van der Waals surface area (Å²) in [5.74, 6) is 0. The largest absolute Gasteiger partial charge is 0.265 e. The molecule has 1 aromatic heterocycles. The molecule has 0 aliphatic rings. The lowest BCUT2D eigenvalue weighted by Gasteiger charge is -2.10. The first-order chi connectivity index (χ1) is 7.75. The standard InChI is InChI=1S/C13H11BrIN/c14-13(8-10-4-6-16-7-5-10)11-2-1-3-12(15)9-11/h1-7,9,13H,8H2. The molecule has 0 saturated heterocycles. The zero-order chi connectivity index (χ0) is 11.4. The van der Waals surface area contributed by atoms with E-state index in [1.54, 1.807) is 0 Å². The number of hydrogen-bond donors (Lipinski definition) is 0. The Labute approximate surface area is 118 Å². The van der Waals surface area contributed by atoms with Crippen molar-refractivity contribution in [3.63, 3.8) is 0 Å². The number of hydrogen-bond acceptors (Lipinski definition) is 1. The molecular formula is C13H11BrIN. The lowest BCUT2D eigenvalue weighted by Crippen LogP contribution is -1.95. The summed E-state index contributed by atoms with van der Waals surface area (Å²) in [6.07, 6.45) is 4.66. The van der Waals surface area contributed by atoms with Gasteiger partial charge in [-0.15, -0.1) is 0 Å². The third-order valence-corrected chi connectivity index (χ3v) is 3.90. The second-order valence-corrected chi connectivity index (χ2v) is 5.93. The molecule has 0 saturated carbocycles. The Morgan fingerprint density at radius 1 is 1.19 bits per heavy atom. The topological polar surface area (TPSA) is 12.9 Å². The van der Waals surface area contributed by atoms with E-state index in [0.29, 0.717) is 4.83 Å². The van der Waals surface area contributed by atoms with Gasteiger partial charge in [0.15, 0.2) is 0 Å². The van der Waals surface area contributed by atoms with Crippen molar-refractivity contribution in [1.29, 1.82) is 0 Å². The van der Waals surface area contributed by atoms with Crippen molar-refractivity contribution in [2.75, 3.05) is 0 Å². The molecule has 1 heterocycles. The van der Waals surface area contributed by atoms with E-state index in [1.165, 1.54) is 14.7 Å². The van der Waals surface area contributed by atoms with Gasteiger partial charge < -0.3 is 0 Å². The molecule has 0 N–H and O–H groups in total. The van der Waals surface area contributed by atoms with E-state index in [1.807, 2.05) is 12.4 Å². The summed E-state index contributed by atoms with van der Waals surface area (Å²) in [7, 11) is 0. The number of halogens is 2. The van der Waals surface area contributed by atoms with Crippen LogP contribution in [0.4, 0.5) is 0 Å². The molecule has 1 unspecified atom stereocenters. The fourth-order valence-electron chi connectivity index (χ4n) is 1.55. The fraction of sp³-hybridized carbons (Fsp3) is 0.154. The zero-order valence-electron chi connectivity index (χ0n) is 8.61. The lowest BCUT2D eigenvalue weighted by atomic mass is 10.1.